The van der Waals surface area contributed by atoms with E-state index in [4.69, 9.17) is 55.9 Å². The van der Waals surface area contributed by atoms with Crippen LogP contribution in [0.1, 0.15) is 5.76 Å². The van der Waals surface area contributed by atoms with Crippen molar-refractivity contribution in [3.05, 3.63) is 93.8 Å². The van der Waals surface area contributed by atoms with E-state index in [1.54, 1.807) is 66.9 Å². The molecule has 0 spiro atoms. The first-order chi connectivity index (χ1) is 17.9. The lowest BCUT2D eigenvalue weighted by atomic mass is 10.2. The van der Waals surface area contributed by atoms with Crippen molar-refractivity contribution < 1.29 is 13.6 Å². The molecule has 37 heavy (non-hydrogen) atoms. The molecule has 3 aromatic heterocycles. The topological polar surface area (TPSA) is 93.2 Å². The van der Waals surface area contributed by atoms with Crippen LogP contribution in [0.3, 0.4) is 0 Å². The molecule has 3 heterocycles. The molecule has 0 aliphatic carbocycles. The molecule has 7 nitrogen and oxygen atoms in total. The summed E-state index contributed by atoms with van der Waals surface area (Å²) in [7, 11) is 0. The average Bonchev–Trinajstić information content (AvgIpc) is 3.51. The second-order valence-electron chi connectivity index (χ2n) is 7.64. The summed E-state index contributed by atoms with van der Waals surface area (Å²) in [4.78, 5) is 20.9. The van der Waals surface area contributed by atoms with E-state index in [2.05, 4.69) is 20.6 Å². The number of fused-ring (bicyclic) bond motifs is 1. The van der Waals surface area contributed by atoms with Gasteiger partial charge in [-0.1, -0.05) is 34.8 Å². The van der Waals surface area contributed by atoms with Gasteiger partial charge in [0.15, 0.2) is 16.3 Å². The van der Waals surface area contributed by atoms with Crippen LogP contribution in [0.15, 0.2) is 81.8 Å². The third kappa shape index (κ3) is 5.84. The van der Waals surface area contributed by atoms with E-state index >= 15 is 0 Å². The fourth-order valence-corrected chi connectivity index (χ4v) is 4.26. The van der Waals surface area contributed by atoms with Gasteiger partial charge in [0.1, 0.15) is 11.5 Å². The molecule has 1 amide bonds. The van der Waals surface area contributed by atoms with Crippen LogP contribution in [0.2, 0.25) is 15.1 Å². The summed E-state index contributed by atoms with van der Waals surface area (Å²) in [5.41, 5.74) is 2.88. The number of carbonyl (C=O) groups excluding carboxylic acids is 1. The number of nitrogens with zero attached hydrogens (tertiary/aromatic N) is 2. The van der Waals surface area contributed by atoms with Crippen molar-refractivity contribution in [3.63, 3.8) is 0 Å². The summed E-state index contributed by atoms with van der Waals surface area (Å²) >= 11 is 23.8. The van der Waals surface area contributed by atoms with Crippen molar-refractivity contribution in [2.24, 2.45) is 0 Å². The Hall–Kier alpha value is -3.69. The highest BCUT2D eigenvalue weighted by Gasteiger charge is 2.13. The van der Waals surface area contributed by atoms with Crippen LogP contribution < -0.4 is 10.6 Å². The van der Waals surface area contributed by atoms with Crippen LogP contribution in [0.5, 0.6) is 0 Å². The lowest BCUT2D eigenvalue weighted by Gasteiger charge is -2.10. The minimum absolute atomic E-state index is 0.0565. The highest BCUT2D eigenvalue weighted by atomic mass is 35.5. The molecule has 0 fully saturated rings. The van der Waals surface area contributed by atoms with Crippen LogP contribution in [0, 0.1) is 0 Å². The number of oxazole rings is 1. The maximum atomic E-state index is 12.4. The molecule has 2 aromatic carbocycles. The SMILES string of the molecule is O=C(/C=C/c1ccc(-c2ccc(Cl)cc2Cl)o1)NC(=S)Nc1cc(-c2nc3ncccc3o2)ccc1Cl. The zero-order valence-corrected chi connectivity index (χ0v) is 21.8. The van der Waals surface area contributed by atoms with Gasteiger partial charge in [-0.25, -0.2) is 4.98 Å². The van der Waals surface area contributed by atoms with Crippen molar-refractivity contribution in [3.8, 4) is 22.8 Å². The van der Waals surface area contributed by atoms with Crippen LogP contribution in [-0.4, -0.2) is 21.0 Å². The van der Waals surface area contributed by atoms with Gasteiger partial charge in [0, 0.05) is 28.4 Å². The van der Waals surface area contributed by atoms with Crippen molar-refractivity contribution in [1.29, 1.82) is 0 Å². The largest absolute Gasteiger partial charge is 0.457 e. The normalized spacial score (nSPS) is 11.2. The number of carbonyl (C=O) groups is 1. The number of pyridine rings is 1. The molecule has 5 aromatic rings. The molecule has 5 rings (SSSR count). The molecule has 184 valence electrons. The molecule has 11 heteroatoms. The number of amides is 1. The van der Waals surface area contributed by atoms with Gasteiger partial charge in [-0.2, -0.15) is 4.98 Å². The predicted octanol–water partition coefficient (Wildman–Crippen LogP) is 7.64. The first kappa shape index (κ1) is 25.0. The number of hydrogen-bond donors (Lipinski definition) is 2. The average molecular weight is 570 g/mol. The van der Waals surface area contributed by atoms with Gasteiger partial charge < -0.3 is 14.2 Å². The third-order valence-corrected chi connectivity index (χ3v) is 6.17. The summed E-state index contributed by atoms with van der Waals surface area (Å²) in [5.74, 6) is 0.920. The number of thiocarbonyl (C=S) groups is 1. The molecular weight excluding hydrogens is 555 g/mol. The Labute approximate surface area is 231 Å². The van der Waals surface area contributed by atoms with Gasteiger partial charge in [-0.3, -0.25) is 10.1 Å². The Kier molecular flexibility index (Phi) is 7.25. The van der Waals surface area contributed by atoms with Crippen LogP contribution in [0.4, 0.5) is 5.69 Å². The highest BCUT2D eigenvalue weighted by Crippen LogP contribution is 2.32. The van der Waals surface area contributed by atoms with Gasteiger partial charge >= 0.3 is 0 Å². The highest BCUT2D eigenvalue weighted by molar-refractivity contribution is 7.80. The molecule has 0 bridgehead atoms. The molecule has 0 aliphatic heterocycles. The van der Waals surface area contributed by atoms with E-state index < -0.39 is 5.91 Å². The van der Waals surface area contributed by atoms with E-state index in [1.165, 1.54) is 12.2 Å². The molecule has 0 aliphatic rings. The first-order valence-corrected chi connectivity index (χ1v) is 12.3. The molecule has 2 N–H and O–H groups in total. The van der Waals surface area contributed by atoms with Crippen molar-refractivity contribution >= 4 is 81.0 Å². The molecule has 0 unspecified atom stereocenters. The number of nitrogens with one attached hydrogen (secondary N) is 2. The van der Waals surface area contributed by atoms with Gasteiger partial charge in [-0.15, -0.1) is 0 Å². The molecule has 0 atom stereocenters. The quantitative estimate of drug-likeness (QED) is 0.166. The summed E-state index contributed by atoms with van der Waals surface area (Å²) in [5, 5.41) is 6.93. The van der Waals surface area contributed by atoms with E-state index in [0.717, 1.165) is 0 Å². The number of halogens is 3. The maximum absolute atomic E-state index is 12.4. The van der Waals surface area contributed by atoms with Crippen LogP contribution >= 0.6 is 47.0 Å². The van der Waals surface area contributed by atoms with Gasteiger partial charge in [0.05, 0.1) is 15.7 Å². The van der Waals surface area contributed by atoms with Crippen LogP contribution in [-0.2, 0) is 4.79 Å². The van der Waals surface area contributed by atoms with Gasteiger partial charge in [0.25, 0.3) is 0 Å². The predicted molar refractivity (Wildman–Crippen MR) is 150 cm³/mol. The standard InChI is InChI=1S/C26H15Cl3N4O3S/c27-15-4-7-17(19(29)13-15)21-9-5-16(35-21)6-10-23(34)32-26(37)31-20-12-14(3-8-18(20)28)25-33-24-22(36-25)2-1-11-30-24/h1-13H,(H2,31,32,34,37)/b10-6+. The fraction of sp³-hybridized carbons (Fsp3) is 0. The molecule has 0 saturated heterocycles. The molecular formula is C26H15Cl3N4O3S. The minimum atomic E-state index is -0.461. The Bertz CT molecular complexity index is 1650. The molecule has 0 radical (unpaired) electrons. The minimum Gasteiger partial charge on any atom is -0.457 e. The number of aromatic nitrogens is 2. The van der Waals surface area contributed by atoms with Crippen molar-refractivity contribution in [2.75, 3.05) is 5.32 Å². The Morgan fingerprint density at radius 2 is 1.84 bits per heavy atom. The second-order valence-corrected chi connectivity index (χ2v) is 9.30. The lowest BCUT2D eigenvalue weighted by molar-refractivity contribution is -0.115. The molecule has 0 saturated carbocycles. The van der Waals surface area contributed by atoms with Gasteiger partial charge in [0.2, 0.25) is 11.8 Å². The summed E-state index contributed by atoms with van der Waals surface area (Å²) in [6.45, 7) is 0. The second kappa shape index (κ2) is 10.7. The first-order valence-electron chi connectivity index (χ1n) is 10.7. The summed E-state index contributed by atoms with van der Waals surface area (Å²) in [6.07, 6.45) is 4.45. The van der Waals surface area contributed by atoms with Gasteiger partial charge in [-0.05, 0) is 79.0 Å². The summed E-state index contributed by atoms with van der Waals surface area (Å²) in [6, 6.07) is 17.3. The van der Waals surface area contributed by atoms with E-state index in [-0.39, 0.29) is 5.11 Å². The van der Waals surface area contributed by atoms with Crippen LogP contribution in [0.25, 0.3) is 40.1 Å². The number of anilines is 1. The van der Waals surface area contributed by atoms with Crippen molar-refractivity contribution in [1.82, 2.24) is 15.3 Å². The smallest absolute Gasteiger partial charge is 0.250 e. The fourth-order valence-electron chi connectivity index (χ4n) is 3.39. The third-order valence-electron chi connectivity index (χ3n) is 5.09. The summed E-state index contributed by atoms with van der Waals surface area (Å²) < 4.78 is 11.5. The maximum Gasteiger partial charge on any atom is 0.250 e. The number of hydrogen-bond acceptors (Lipinski definition) is 6. The Morgan fingerprint density at radius 1 is 0.973 bits per heavy atom. The number of rotatable bonds is 5. The number of furan rings is 1. The zero-order valence-electron chi connectivity index (χ0n) is 18.7. The number of benzene rings is 2. The monoisotopic (exact) mass is 568 g/mol. The van der Waals surface area contributed by atoms with E-state index in [9.17, 15) is 4.79 Å². The van der Waals surface area contributed by atoms with E-state index in [0.29, 0.717) is 60.5 Å². The van der Waals surface area contributed by atoms with E-state index in [1.807, 2.05) is 0 Å². The van der Waals surface area contributed by atoms with Crippen molar-refractivity contribution in [2.45, 2.75) is 0 Å². The lowest BCUT2D eigenvalue weighted by Crippen LogP contribution is -2.32. The Balaban J connectivity index is 1.23. The zero-order chi connectivity index (χ0) is 25.9. The Morgan fingerprint density at radius 3 is 2.65 bits per heavy atom.